The summed E-state index contributed by atoms with van der Waals surface area (Å²) in [7, 11) is 0. The van der Waals surface area contributed by atoms with Gasteiger partial charge in [0.1, 0.15) is 11.6 Å². The summed E-state index contributed by atoms with van der Waals surface area (Å²) in [5, 5.41) is 0. The van der Waals surface area contributed by atoms with Gasteiger partial charge in [-0.2, -0.15) is 0 Å². The highest BCUT2D eigenvalue weighted by atomic mass is 19.1. The summed E-state index contributed by atoms with van der Waals surface area (Å²) in [5.41, 5.74) is 4.08. The maximum Gasteiger partial charge on any atom is 0.123 e. The van der Waals surface area contributed by atoms with Gasteiger partial charge in [-0.25, -0.2) is 4.39 Å². The van der Waals surface area contributed by atoms with E-state index in [1.165, 1.54) is 42.5 Å². The Morgan fingerprint density at radius 2 is 1.65 bits per heavy atom. The Morgan fingerprint density at radius 3 is 2.46 bits per heavy atom. The van der Waals surface area contributed by atoms with Crippen LogP contribution in [0.4, 0.5) is 10.1 Å². The van der Waals surface area contributed by atoms with Crippen LogP contribution in [0.2, 0.25) is 0 Å². The quantitative estimate of drug-likeness (QED) is 0.732. The number of ether oxygens (including phenoxy) is 1. The average Bonchev–Trinajstić information content (AvgIpc) is 3.14. The molecule has 2 aromatic rings. The van der Waals surface area contributed by atoms with Crippen molar-refractivity contribution in [3.63, 3.8) is 0 Å². The van der Waals surface area contributed by atoms with Crippen LogP contribution < -0.4 is 9.64 Å². The molecule has 26 heavy (non-hydrogen) atoms. The van der Waals surface area contributed by atoms with Crippen molar-refractivity contribution in [3.05, 3.63) is 59.4 Å². The van der Waals surface area contributed by atoms with Crippen LogP contribution in [0.5, 0.6) is 5.75 Å². The monoisotopic (exact) mass is 354 g/mol. The Kier molecular flexibility index (Phi) is 5.40. The molecule has 3 nitrogen and oxygen atoms in total. The lowest BCUT2D eigenvalue weighted by molar-refractivity contribution is 0.224. The van der Waals surface area contributed by atoms with Crippen molar-refractivity contribution in [3.8, 4) is 5.75 Å². The number of rotatable bonds is 6. The van der Waals surface area contributed by atoms with Crippen molar-refractivity contribution >= 4 is 5.69 Å². The van der Waals surface area contributed by atoms with Crippen LogP contribution in [0.15, 0.2) is 42.5 Å². The van der Waals surface area contributed by atoms with E-state index in [-0.39, 0.29) is 5.82 Å². The third kappa shape index (κ3) is 4.18. The van der Waals surface area contributed by atoms with Gasteiger partial charge in [-0.3, -0.25) is 4.90 Å². The van der Waals surface area contributed by atoms with E-state index >= 15 is 0 Å². The minimum atomic E-state index is -0.171. The van der Waals surface area contributed by atoms with E-state index in [0.717, 1.165) is 57.2 Å². The van der Waals surface area contributed by atoms with Crippen LogP contribution in [0, 0.1) is 5.82 Å². The molecule has 0 unspecified atom stereocenters. The SMILES string of the molecule is Fc1ccc(N2CCN(CCCOc3ccc4c(c3)CCC4)CC2)cc1. The fourth-order valence-electron chi connectivity index (χ4n) is 4.00. The Labute approximate surface area is 155 Å². The number of piperazine rings is 1. The van der Waals surface area contributed by atoms with Gasteiger partial charge in [0, 0.05) is 38.4 Å². The second kappa shape index (κ2) is 8.09. The zero-order valence-electron chi connectivity index (χ0n) is 15.3. The lowest BCUT2D eigenvalue weighted by atomic mass is 10.1. The normalized spacial score (nSPS) is 17.3. The van der Waals surface area contributed by atoms with E-state index in [9.17, 15) is 4.39 Å². The van der Waals surface area contributed by atoms with Gasteiger partial charge in [-0.05, 0) is 73.2 Å². The third-order valence-corrected chi connectivity index (χ3v) is 5.52. The molecule has 1 aliphatic heterocycles. The number of nitrogens with zero attached hydrogens (tertiary/aromatic N) is 2. The van der Waals surface area contributed by atoms with Gasteiger partial charge < -0.3 is 9.64 Å². The van der Waals surface area contributed by atoms with Crippen LogP contribution in [-0.2, 0) is 12.8 Å². The Morgan fingerprint density at radius 1 is 0.885 bits per heavy atom. The van der Waals surface area contributed by atoms with E-state index in [4.69, 9.17) is 4.74 Å². The first-order chi connectivity index (χ1) is 12.8. The molecule has 4 rings (SSSR count). The van der Waals surface area contributed by atoms with E-state index < -0.39 is 0 Å². The van der Waals surface area contributed by atoms with E-state index in [1.807, 2.05) is 12.1 Å². The van der Waals surface area contributed by atoms with Crippen LogP contribution >= 0.6 is 0 Å². The molecule has 0 atom stereocenters. The van der Waals surface area contributed by atoms with Crippen LogP contribution in [0.3, 0.4) is 0 Å². The highest BCUT2D eigenvalue weighted by Crippen LogP contribution is 2.26. The largest absolute Gasteiger partial charge is 0.494 e. The lowest BCUT2D eigenvalue weighted by Crippen LogP contribution is -2.46. The summed E-state index contributed by atoms with van der Waals surface area (Å²) in [6, 6.07) is 13.4. The maximum atomic E-state index is 13.0. The molecular formula is C22H27FN2O. The summed E-state index contributed by atoms with van der Waals surface area (Å²) < 4.78 is 19.0. The second-order valence-corrected chi connectivity index (χ2v) is 7.29. The van der Waals surface area contributed by atoms with Gasteiger partial charge >= 0.3 is 0 Å². The highest BCUT2D eigenvalue weighted by Gasteiger charge is 2.17. The fraction of sp³-hybridized carbons (Fsp3) is 0.455. The number of hydrogen-bond donors (Lipinski definition) is 0. The van der Waals surface area contributed by atoms with E-state index in [2.05, 4.69) is 28.0 Å². The number of fused-ring (bicyclic) bond motifs is 1. The zero-order valence-corrected chi connectivity index (χ0v) is 15.3. The smallest absolute Gasteiger partial charge is 0.123 e. The molecule has 138 valence electrons. The van der Waals surface area contributed by atoms with Crippen molar-refractivity contribution in [2.75, 3.05) is 44.2 Å². The fourth-order valence-corrected chi connectivity index (χ4v) is 4.00. The van der Waals surface area contributed by atoms with Crippen molar-refractivity contribution < 1.29 is 9.13 Å². The Hall–Kier alpha value is -2.07. The lowest BCUT2D eigenvalue weighted by Gasteiger charge is -2.36. The molecule has 0 spiro atoms. The number of aryl methyl sites for hydroxylation is 2. The van der Waals surface area contributed by atoms with Crippen LogP contribution in [0.1, 0.15) is 24.0 Å². The minimum absolute atomic E-state index is 0.171. The number of anilines is 1. The molecule has 4 heteroatoms. The molecular weight excluding hydrogens is 327 g/mol. The van der Waals surface area contributed by atoms with Crippen molar-refractivity contribution in [2.45, 2.75) is 25.7 Å². The van der Waals surface area contributed by atoms with Crippen molar-refractivity contribution in [1.29, 1.82) is 0 Å². The molecule has 0 bridgehead atoms. The topological polar surface area (TPSA) is 15.7 Å². The number of hydrogen-bond acceptors (Lipinski definition) is 3. The van der Waals surface area contributed by atoms with Gasteiger partial charge in [-0.15, -0.1) is 0 Å². The van der Waals surface area contributed by atoms with E-state index in [1.54, 1.807) is 0 Å². The first kappa shape index (κ1) is 17.3. The van der Waals surface area contributed by atoms with Gasteiger partial charge in [0.2, 0.25) is 0 Å². The second-order valence-electron chi connectivity index (χ2n) is 7.29. The first-order valence-electron chi connectivity index (χ1n) is 9.75. The highest BCUT2D eigenvalue weighted by molar-refractivity contribution is 5.46. The molecule has 1 aliphatic carbocycles. The predicted molar refractivity (Wildman–Crippen MR) is 104 cm³/mol. The Bertz CT molecular complexity index is 723. The first-order valence-corrected chi connectivity index (χ1v) is 9.75. The third-order valence-electron chi connectivity index (χ3n) is 5.52. The standard InChI is InChI=1S/C22H27FN2O/c23-20-6-8-21(9-7-20)25-14-12-24(13-15-25)11-2-16-26-22-10-5-18-3-1-4-19(18)17-22/h5-10,17H,1-4,11-16H2. The minimum Gasteiger partial charge on any atom is -0.494 e. The zero-order chi connectivity index (χ0) is 17.8. The molecule has 2 aromatic carbocycles. The molecule has 0 N–H and O–H groups in total. The van der Waals surface area contributed by atoms with Crippen LogP contribution in [0.25, 0.3) is 0 Å². The van der Waals surface area contributed by atoms with Gasteiger partial charge in [0.05, 0.1) is 6.61 Å². The molecule has 1 saturated heterocycles. The summed E-state index contributed by atoms with van der Waals surface area (Å²) >= 11 is 0. The molecule has 2 aliphatic rings. The van der Waals surface area contributed by atoms with E-state index in [0.29, 0.717) is 0 Å². The molecule has 1 heterocycles. The van der Waals surface area contributed by atoms with Gasteiger partial charge in [0.25, 0.3) is 0 Å². The molecule has 0 radical (unpaired) electrons. The summed E-state index contributed by atoms with van der Waals surface area (Å²) in [5.74, 6) is 0.850. The summed E-state index contributed by atoms with van der Waals surface area (Å²) in [6.45, 7) is 5.94. The molecule has 0 saturated carbocycles. The maximum absolute atomic E-state index is 13.0. The number of benzene rings is 2. The summed E-state index contributed by atoms with van der Waals surface area (Å²) in [4.78, 5) is 4.82. The average molecular weight is 354 g/mol. The van der Waals surface area contributed by atoms with Crippen LogP contribution in [-0.4, -0.2) is 44.2 Å². The number of halogens is 1. The van der Waals surface area contributed by atoms with Gasteiger partial charge in [-0.1, -0.05) is 6.07 Å². The van der Waals surface area contributed by atoms with Crippen molar-refractivity contribution in [1.82, 2.24) is 4.90 Å². The Balaban J connectivity index is 1.17. The van der Waals surface area contributed by atoms with Crippen molar-refractivity contribution in [2.24, 2.45) is 0 Å². The molecule has 1 fully saturated rings. The predicted octanol–water partition coefficient (Wildman–Crippen LogP) is 3.91. The van der Waals surface area contributed by atoms with Gasteiger partial charge in [0.15, 0.2) is 0 Å². The molecule has 0 aromatic heterocycles. The summed E-state index contributed by atoms with van der Waals surface area (Å²) in [6.07, 6.45) is 4.75. The molecule has 0 amide bonds.